The van der Waals surface area contributed by atoms with Crippen LogP contribution in [0.5, 0.6) is 0 Å². The molecule has 0 saturated heterocycles. The van der Waals surface area contributed by atoms with Gasteiger partial charge in [0, 0.05) is 40.9 Å². The van der Waals surface area contributed by atoms with E-state index in [1.54, 1.807) is 29.2 Å². The van der Waals surface area contributed by atoms with E-state index in [-0.39, 0.29) is 29.2 Å². The number of nitrogens with zero attached hydrogens (tertiary/aromatic N) is 4. The maximum Gasteiger partial charge on any atom is 0.234 e. The molecule has 3 heterocycles. The average Bonchev–Trinajstić information content (AvgIpc) is 3.56. The summed E-state index contributed by atoms with van der Waals surface area (Å²) in [5.41, 5.74) is 10.6. The van der Waals surface area contributed by atoms with Gasteiger partial charge in [0.05, 0.1) is 23.3 Å². The standard InChI is InChI=1S/C27H25N7O3S3/c1-14-10-11-38-24(14)22-18(12-28)25(29)34(19-4-3-5-20(36)23(19)22)26-32-33-27(40-26)39-13-21(37)31-17-8-6-16(7-9-17)30-15(2)35/h6-11,22H,3-5,13,29H2,1-2H3,(H,30,35)(H,31,37). The predicted molar refractivity (Wildman–Crippen MR) is 157 cm³/mol. The van der Waals surface area contributed by atoms with E-state index in [0.717, 1.165) is 16.1 Å². The molecule has 1 aliphatic carbocycles. The fourth-order valence-corrected chi connectivity index (χ4v) is 7.49. The summed E-state index contributed by atoms with van der Waals surface area (Å²) in [6, 6.07) is 11.1. The van der Waals surface area contributed by atoms with E-state index in [9.17, 15) is 19.6 Å². The number of Topliss-reactive ketones (excluding diaryl/α,β-unsaturated/α-hetero) is 1. The number of anilines is 3. The van der Waals surface area contributed by atoms with Gasteiger partial charge < -0.3 is 16.4 Å². The number of hydrogen-bond acceptors (Lipinski definition) is 11. The van der Waals surface area contributed by atoms with Gasteiger partial charge in [-0.25, -0.2) is 0 Å². The summed E-state index contributed by atoms with van der Waals surface area (Å²) in [7, 11) is 0. The van der Waals surface area contributed by atoms with E-state index >= 15 is 0 Å². The van der Waals surface area contributed by atoms with Crippen molar-refractivity contribution in [2.45, 2.75) is 43.4 Å². The Morgan fingerprint density at radius 2 is 1.90 bits per heavy atom. The summed E-state index contributed by atoms with van der Waals surface area (Å²) in [4.78, 5) is 39.6. The Bertz CT molecular complexity index is 1600. The van der Waals surface area contributed by atoms with Crippen LogP contribution in [-0.4, -0.2) is 33.5 Å². The van der Waals surface area contributed by atoms with Gasteiger partial charge >= 0.3 is 0 Å². The lowest BCUT2D eigenvalue weighted by Crippen LogP contribution is -2.38. The van der Waals surface area contributed by atoms with Crippen LogP contribution in [0.1, 0.15) is 42.5 Å². The Hall–Kier alpha value is -3.99. The minimum Gasteiger partial charge on any atom is -0.384 e. The first-order valence-electron chi connectivity index (χ1n) is 12.4. The molecule has 40 heavy (non-hydrogen) atoms. The smallest absolute Gasteiger partial charge is 0.234 e. The molecule has 1 aromatic carbocycles. The Labute approximate surface area is 243 Å². The molecule has 0 bridgehead atoms. The van der Waals surface area contributed by atoms with Crippen molar-refractivity contribution in [1.29, 1.82) is 5.26 Å². The van der Waals surface area contributed by atoms with Crippen molar-refractivity contribution in [3.05, 3.63) is 68.8 Å². The normalized spacial score (nSPS) is 17.0. The van der Waals surface area contributed by atoms with Crippen LogP contribution in [0.3, 0.4) is 0 Å². The molecule has 1 aliphatic heterocycles. The van der Waals surface area contributed by atoms with Crippen LogP contribution in [0.2, 0.25) is 0 Å². The minimum absolute atomic E-state index is 0.0187. The quantitative estimate of drug-likeness (QED) is 0.325. The summed E-state index contributed by atoms with van der Waals surface area (Å²) in [5, 5.41) is 26.6. The number of benzene rings is 1. The molecule has 2 amide bonds. The van der Waals surface area contributed by atoms with Crippen molar-refractivity contribution in [2.24, 2.45) is 5.73 Å². The van der Waals surface area contributed by atoms with Crippen molar-refractivity contribution < 1.29 is 14.4 Å². The summed E-state index contributed by atoms with van der Waals surface area (Å²) < 4.78 is 0.554. The molecule has 0 fully saturated rings. The van der Waals surface area contributed by atoms with Crippen LogP contribution < -0.4 is 21.3 Å². The lowest BCUT2D eigenvalue weighted by molar-refractivity contribution is -0.116. The zero-order chi connectivity index (χ0) is 28.4. The van der Waals surface area contributed by atoms with Crippen LogP contribution in [0, 0.1) is 18.3 Å². The molecule has 4 N–H and O–H groups in total. The van der Waals surface area contributed by atoms with Crippen LogP contribution >= 0.6 is 34.4 Å². The molecule has 1 atom stereocenters. The maximum atomic E-state index is 13.2. The number of hydrogen-bond donors (Lipinski definition) is 3. The Balaban J connectivity index is 1.34. The van der Waals surface area contributed by atoms with Crippen molar-refractivity contribution in [2.75, 3.05) is 21.3 Å². The van der Waals surface area contributed by atoms with Gasteiger partial charge in [-0.2, -0.15) is 5.26 Å². The molecule has 3 aromatic rings. The number of nitrogens with one attached hydrogen (secondary N) is 2. The van der Waals surface area contributed by atoms with Gasteiger partial charge in [-0.15, -0.1) is 21.5 Å². The second-order valence-electron chi connectivity index (χ2n) is 9.23. The van der Waals surface area contributed by atoms with Gasteiger partial charge in [0.2, 0.25) is 16.9 Å². The highest BCUT2D eigenvalue weighted by atomic mass is 32.2. The lowest BCUT2D eigenvalue weighted by atomic mass is 9.78. The number of thioether (sulfide) groups is 1. The zero-order valence-electron chi connectivity index (χ0n) is 21.7. The first-order chi connectivity index (χ1) is 19.3. The molecular weight excluding hydrogens is 567 g/mol. The largest absolute Gasteiger partial charge is 0.384 e. The lowest BCUT2D eigenvalue weighted by Gasteiger charge is -2.37. The van der Waals surface area contributed by atoms with Crippen LogP contribution in [0.15, 0.2) is 62.7 Å². The van der Waals surface area contributed by atoms with Gasteiger partial charge in [-0.1, -0.05) is 23.1 Å². The van der Waals surface area contributed by atoms with E-state index in [2.05, 4.69) is 26.9 Å². The molecule has 2 aromatic heterocycles. The molecule has 10 nitrogen and oxygen atoms in total. The molecule has 0 saturated carbocycles. The van der Waals surface area contributed by atoms with E-state index in [0.29, 0.717) is 51.3 Å². The SMILES string of the molecule is CC(=O)Nc1ccc(NC(=O)CSc2nnc(N3C(N)=C(C#N)C(c4sccc4C)C4=C3CCCC4=O)s2)cc1. The molecule has 1 unspecified atom stereocenters. The summed E-state index contributed by atoms with van der Waals surface area (Å²) in [6.07, 6.45) is 1.74. The Morgan fingerprint density at radius 3 is 2.55 bits per heavy atom. The zero-order valence-corrected chi connectivity index (χ0v) is 24.1. The third-order valence-electron chi connectivity index (χ3n) is 6.48. The highest BCUT2D eigenvalue weighted by molar-refractivity contribution is 8.01. The van der Waals surface area contributed by atoms with Gasteiger partial charge in [0.25, 0.3) is 0 Å². The number of nitrogens with two attached hydrogens (primary N) is 1. The van der Waals surface area contributed by atoms with Gasteiger partial charge in [0.1, 0.15) is 5.82 Å². The maximum absolute atomic E-state index is 13.2. The number of amides is 2. The first-order valence-corrected chi connectivity index (χ1v) is 15.1. The molecule has 0 radical (unpaired) electrons. The van der Waals surface area contributed by atoms with Crippen molar-refractivity contribution in [3.63, 3.8) is 0 Å². The van der Waals surface area contributed by atoms with Crippen LogP contribution in [0.25, 0.3) is 0 Å². The third kappa shape index (κ3) is 5.51. The molecule has 204 valence electrons. The highest BCUT2D eigenvalue weighted by Gasteiger charge is 2.42. The van der Waals surface area contributed by atoms with Gasteiger partial charge in [-0.3, -0.25) is 19.3 Å². The highest BCUT2D eigenvalue weighted by Crippen LogP contribution is 2.48. The van der Waals surface area contributed by atoms with E-state index < -0.39 is 5.92 Å². The number of carbonyl (C=O) groups excluding carboxylic acids is 3. The van der Waals surface area contributed by atoms with Crippen molar-refractivity contribution in [1.82, 2.24) is 10.2 Å². The number of ketones is 1. The third-order valence-corrected chi connectivity index (χ3v) is 9.61. The number of aromatic nitrogens is 2. The molecule has 13 heteroatoms. The molecule has 2 aliphatic rings. The molecule has 5 rings (SSSR count). The summed E-state index contributed by atoms with van der Waals surface area (Å²) in [6.45, 7) is 3.40. The first kappa shape index (κ1) is 27.6. The summed E-state index contributed by atoms with van der Waals surface area (Å²) in [5.74, 6) is -0.511. The predicted octanol–water partition coefficient (Wildman–Crippen LogP) is 4.90. The van der Waals surface area contributed by atoms with Gasteiger partial charge in [0.15, 0.2) is 10.1 Å². The monoisotopic (exact) mass is 591 g/mol. The number of carbonyl (C=O) groups is 3. The average molecular weight is 592 g/mol. The second kappa shape index (κ2) is 11.6. The Morgan fingerprint density at radius 1 is 1.18 bits per heavy atom. The number of allylic oxidation sites excluding steroid dienone is 3. The van der Waals surface area contributed by atoms with Crippen LogP contribution in [-0.2, 0) is 14.4 Å². The van der Waals surface area contributed by atoms with E-state index in [4.69, 9.17) is 5.73 Å². The Kier molecular flexibility index (Phi) is 8.02. The van der Waals surface area contributed by atoms with Crippen molar-refractivity contribution >= 4 is 68.5 Å². The summed E-state index contributed by atoms with van der Waals surface area (Å²) >= 11 is 4.00. The second-order valence-corrected chi connectivity index (χ2v) is 12.4. The molecule has 0 spiro atoms. The van der Waals surface area contributed by atoms with Gasteiger partial charge in [-0.05, 0) is 61.0 Å². The van der Waals surface area contributed by atoms with Crippen LogP contribution in [0.4, 0.5) is 16.5 Å². The van der Waals surface area contributed by atoms with E-state index in [1.165, 1.54) is 41.4 Å². The topological polar surface area (TPSA) is 154 Å². The number of rotatable bonds is 7. The fourth-order valence-electron chi connectivity index (χ4n) is 4.76. The molecular formula is C27H25N7O3S3. The number of thiophene rings is 1. The van der Waals surface area contributed by atoms with Crippen molar-refractivity contribution in [3.8, 4) is 6.07 Å². The number of aryl methyl sites for hydroxylation is 1. The van der Waals surface area contributed by atoms with E-state index in [1.807, 2.05) is 18.4 Å². The fraction of sp³-hybridized carbons (Fsp3) is 0.259. The minimum atomic E-state index is -0.484. The number of nitriles is 1.